The predicted molar refractivity (Wildman–Crippen MR) is 70.9 cm³/mol. The first-order chi connectivity index (χ1) is 8.70. The van der Waals surface area contributed by atoms with Crippen molar-refractivity contribution in [1.29, 1.82) is 0 Å². The van der Waals surface area contributed by atoms with Gasteiger partial charge in [-0.25, -0.2) is 9.67 Å². The molecule has 94 valence electrons. The van der Waals surface area contributed by atoms with Crippen molar-refractivity contribution in [3.63, 3.8) is 0 Å². The molecule has 1 aliphatic rings. The lowest BCUT2D eigenvalue weighted by Gasteiger charge is -2.30. The molecule has 0 spiro atoms. The van der Waals surface area contributed by atoms with Crippen LogP contribution in [0.1, 0.15) is 30.9 Å². The molecule has 2 atom stereocenters. The van der Waals surface area contributed by atoms with Crippen LogP contribution in [0.5, 0.6) is 0 Å². The van der Waals surface area contributed by atoms with Crippen LogP contribution in [0.15, 0.2) is 41.4 Å². The van der Waals surface area contributed by atoms with Crippen molar-refractivity contribution in [2.75, 3.05) is 0 Å². The predicted octanol–water partition coefficient (Wildman–Crippen LogP) is 2.65. The first kappa shape index (κ1) is 11.9. The summed E-state index contributed by atoms with van der Waals surface area (Å²) in [5.74, 6) is 0. The molecule has 4 nitrogen and oxygen atoms in total. The van der Waals surface area contributed by atoms with E-state index in [1.165, 1.54) is 6.33 Å². The van der Waals surface area contributed by atoms with E-state index in [1.54, 1.807) is 11.0 Å². The van der Waals surface area contributed by atoms with Crippen LogP contribution >= 0.6 is 15.9 Å². The Morgan fingerprint density at radius 2 is 2.33 bits per heavy atom. The van der Waals surface area contributed by atoms with Crippen molar-refractivity contribution >= 4 is 15.9 Å². The molecule has 0 bridgehead atoms. The van der Waals surface area contributed by atoms with Crippen LogP contribution in [0.2, 0.25) is 0 Å². The maximum absolute atomic E-state index is 11.0. The Morgan fingerprint density at radius 1 is 1.44 bits per heavy atom. The number of rotatable bonds is 2. The molecule has 1 aliphatic carbocycles. The van der Waals surface area contributed by atoms with Gasteiger partial charge in [-0.2, -0.15) is 5.10 Å². The molecule has 0 saturated heterocycles. The molecule has 0 aliphatic heterocycles. The number of aliphatic hydroxyl groups is 1. The van der Waals surface area contributed by atoms with Crippen LogP contribution in [-0.2, 0) is 5.60 Å². The van der Waals surface area contributed by atoms with E-state index in [4.69, 9.17) is 0 Å². The Balaban J connectivity index is 2.02. The Hall–Kier alpha value is -1.20. The molecule has 2 aromatic rings. The van der Waals surface area contributed by atoms with Crippen molar-refractivity contribution in [2.24, 2.45) is 0 Å². The summed E-state index contributed by atoms with van der Waals surface area (Å²) in [5, 5.41) is 15.2. The van der Waals surface area contributed by atoms with Crippen LogP contribution < -0.4 is 0 Å². The third kappa shape index (κ3) is 1.87. The molecular formula is C13H14BrN3O. The smallest absolute Gasteiger partial charge is 0.137 e. The van der Waals surface area contributed by atoms with E-state index in [-0.39, 0.29) is 6.04 Å². The monoisotopic (exact) mass is 307 g/mol. The average Bonchev–Trinajstić information content (AvgIpc) is 2.98. The number of aromatic nitrogens is 3. The van der Waals surface area contributed by atoms with E-state index >= 15 is 0 Å². The molecule has 0 amide bonds. The number of halogens is 1. The van der Waals surface area contributed by atoms with Gasteiger partial charge in [0.05, 0.1) is 6.04 Å². The summed E-state index contributed by atoms with van der Waals surface area (Å²) in [5.41, 5.74) is 0.0900. The average molecular weight is 308 g/mol. The number of benzene rings is 1. The van der Waals surface area contributed by atoms with Crippen molar-refractivity contribution < 1.29 is 5.11 Å². The van der Waals surface area contributed by atoms with Crippen LogP contribution in [-0.4, -0.2) is 19.9 Å². The molecule has 1 heterocycles. The zero-order valence-corrected chi connectivity index (χ0v) is 11.4. The van der Waals surface area contributed by atoms with Gasteiger partial charge in [0.2, 0.25) is 0 Å². The zero-order valence-electron chi connectivity index (χ0n) is 9.83. The van der Waals surface area contributed by atoms with E-state index in [1.807, 2.05) is 24.3 Å². The molecule has 0 radical (unpaired) electrons. The summed E-state index contributed by atoms with van der Waals surface area (Å²) < 4.78 is 2.76. The number of hydrogen-bond acceptors (Lipinski definition) is 3. The molecule has 1 saturated carbocycles. The van der Waals surface area contributed by atoms with Gasteiger partial charge in [-0.3, -0.25) is 0 Å². The normalized spacial score (nSPS) is 27.6. The highest BCUT2D eigenvalue weighted by Gasteiger charge is 2.44. The molecule has 18 heavy (non-hydrogen) atoms. The quantitative estimate of drug-likeness (QED) is 0.928. The molecular weight excluding hydrogens is 294 g/mol. The van der Waals surface area contributed by atoms with Gasteiger partial charge in [0, 0.05) is 4.47 Å². The van der Waals surface area contributed by atoms with Gasteiger partial charge < -0.3 is 5.11 Å². The summed E-state index contributed by atoms with van der Waals surface area (Å²) in [6, 6.07) is 7.84. The van der Waals surface area contributed by atoms with Gasteiger partial charge in [0.15, 0.2) is 0 Å². The van der Waals surface area contributed by atoms with Gasteiger partial charge in [-0.15, -0.1) is 0 Å². The molecule has 1 fully saturated rings. The van der Waals surface area contributed by atoms with E-state index in [0.717, 1.165) is 29.3 Å². The second-order valence-electron chi connectivity index (χ2n) is 4.72. The second kappa shape index (κ2) is 4.48. The molecule has 1 aromatic carbocycles. The lowest BCUT2D eigenvalue weighted by Crippen LogP contribution is -2.32. The highest BCUT2D eigenvalue weighted by molar-refractivity contribution is 9.10. The molecule has 5 heteroatoms. The molecule has 1 aromatic heterocycles. The Morgan fingerprint density at radius 3 is 3.06 bits per heavy atom. The lowest BCUT2D eigenvalue weighted by atomic mass is 9.89. The summed E-state index contributed by atoms with van der Waals surface area (Å²) >= 11 is 3.46. The van der Waals surface area contributed by atoms with E-state index in [0.29, 0.717) is 0 Å². The SMILES string of the molecule is OC1(c2cccc(Br)c2)CCCC1n1cncn1. The molecule has 1 N–H and O–H groups in total. The first-order valence-corrected chi connectivity index (χ1v) is 6.82. The lowest BCUT2D eigenvalue weighted by molar-refractivity contribution is -0.00126. The van der Waals surface area contributed by atoms with Crippen molar-refractivity contribution in [2.45, 2.75) is 30.9 Å². The maximum atomic E-state index is 11.0. The summed E-state index contributed by atoms with van der Waals surface area (Å²) in [6.45, 7) is 0. The van der Waals surface area contributed by atoms with Crippen LogP contribution in [0.4, 0.5) is 0 Å². The topological polar surface area (TPSA) is 50.9 Å². The van der Waals surface area contributed by atoms with Gasteiger partial charge in [-0.05, 0) is 37.0 Å². The number of hydrogen-bond donors (Lipinski definition) is 1. The largest absolute Gasteiger partial charge is 0.383 e. The highest BCUT2D eigenvalue weighted by atomic mass is 79.9. The minimum absolute atomic E-state index is 0.0331. The van der Waals surface area contributed by atoms with Crippen molar-refractivity contribution in [3.05, 3.63) is 47.0 Å². The van der Waals surface area contributed by atoms with Gasteiger partial charge in [0.25, 0.3) is 0 Å². The summed E-state index contributed by atoms with van der Waals surface area (Å²) in [7, 11) is 0. The number of nitrogens with zero attached hydrogens (tertiary/aromatic N) is 3. The third-order valence-corrected chi connectivity index (χ3v) is 4.16. The van der Waals surface area contributed by atoms with Crippen LogP contribution in [0.25, 0.3) is 0 Å². The minimum atomic E-state index is -0.850. The molecule has 3 rings (SSSR count). The van der Waals surface area contributed by atoms with E-state index in [2.05, 4.69) is 26.0 Å². The standard InChI is InChI=1S/C13H14BrN3O/c14-11-4-1-3-10(7-11)13(18)6-2-5-12(13)17-9-15-8-16-17/h1,3-4,7-9,12,18H,2,5-6H2. The van der Waals surface area contributed by atoms with Crippen LogP contribution in [0, 0.1) is 0 Å². The Bertz CT molecular complexity index is 543. The van der Waals surface area contributed by atoms with E-state index < -0.39 is 5.60 Å². The second-order valence-corrected chi connectivity index (χ2v) is 5.63. The minimum Gasteiger partial charge on any atom is -0.383 e. The Kier molecular flexibility index (Phi) is 2.95. The van der Waals surface area contributed by atoms with Gasteiger partial charge in [0.1, 0.15) is 18.3 Å². The van der Waals surface area contributed by atoms with E-state index in [9.17, 15) is 5.11 Å². The fourth-order valence-electron chi connectivity index (χ4n) is 2.79. The fraction of sp³-hybridized carbons (Fsp3) is 0.385. The first-order valence-electron chi connectivity index (χ1n) is 6.03. The van der Waals surface area contributed by atoms with Crippen molar-refractivity contribution in [1.82, 2.24) is 14.8 Å². The zero-order chi connectivity index (χ0) is 12.6. The van der Waals surface area contributed by atoms with Gasteiger partial charge in [-0.1, -0.05) is 28.1 Å². The van der Waals surface area contributed by atoms with Crippen molar-refractivity contribution in [3.8, 4) is 0 Å². The third-order valence-electron chi connectivity index (χ3n) is 3.67. The maximum Gasteiger partial charge on any atom is 0.137 e. The molecule has 2 unspecified atom stereocenters. The van der Waals surface area contributed by atoms with Crippen LogP contribution in [0.3, 0.4) is 0 Å². The summed E-state index contributed by atoms with van der Waals surface area (Å²) in [6.07, 6.45) is 5.87. The van der Waals surface area contributed by atoms with Gasteiger partial charge >= 0.3 is 0 Å². The highest BCUT2D eigenvalue weighted by Crippen LogP contribution is 2.46. The summed E-state index contributed by atoms with van der Waals surface area (Å²) in [4.78, 5) is 3.98. The fourth-order valence-corrected chi connectivity index (χ4v) is 3.19. The Labute approximate surface area is 114 Å².